The molecule has 2 rings (SSSR count). The third-order valence-electron chi connectivity index (χ3n) is 4.56. The van der Waals surface area contributed by atoms with E-state index in [9.17, 15) is 9.59 Å². The molecule has 1 saturated carbocycles. The van der Waals surface area contributed by atoms with E-state index in [0.717, 1.165) is 45.2 Å². The Hall–Kier alpha value is -1.26. The maximum atomic E-state index is 12.3. The maximum absolute atomic E-state index is 12.3. The quantitative estimate of drug-likeness (QED) is 0.865. The molecule has 1 aliphatic heterocycles. The van der Waals surface area contributed by atoms with E-state index in [1.165, 1.54) is 12.8 Å². The summed E-state index contributed by atoms with van der Waals surface area (Å²) in [5, 5.41) is 3.14. The number of carbonyl (C=O) groups excluding carboxylic acids is 2. The molecule has 1 aliphatic carbocycles. The summed E-state index contributed by atoms with van der Waals surface area (Å²) in [7, 11) is 0. The zero-order chi connectivity index (χ0) is 15.1. The fourth-order valence-corrected chi connectivity index (χ4v) is 3.19. The number of nitrogens with one attached hydrogen (secondary N) is 1. The Bertz CT molecular complexity index is 353. The molecule has 3 amide bonds. The van der Waals surface area contributed by atoms with Gasteiger partial charge in [0, 0.05) is 38.6 Å². The maximum Gasteiger partial charge on any atom is 0.317 e. The Labute approximate surface area is 128 Å². The van der Waals surface area contributed by atoms with Gasteiger partial charge in [-0.15, -0.1) is 0 Å². The summed E-state index contributed by atoms with van der Waals surface area (Å²) in [6, 6.07) is 0.424. The number of hydrogen-bond acceptors (Lipinski definition) is 2. The van der Waals surface area contributed by atoms with E-state index in [1.807, 2.05) is 9.80 Å². The van der Waals surface area contributed by atoms with Crippen LogP contribution >= 0.6 is 0 Å². The molecule has 2 aliphatic rings. The first kappa shape index (κ1) is 16.1. The van der Waals surface area contributed by atoms with E-state index >= 15 is 0 Å². The Morgan fingerprint density at radius 2 is 1.67 bits per heavy atom. The van der Waals surface area contributed by atoms with E-state index in [0.29, 0.717) is 25.6 Å². The second kappa shape index (κ2) is 8.25. The first-order chi connectivity index (χ1) is 10.2. The summed E-state index contributed by atoms with van der Waals surface area (Å²) in [6.07, 6.45) is 8.22. The van der Waals surface area contributed by atoms with Crippen LogP contribution in [0.2, 0.25) is 0 Å². The molecule has 5 nitrogen and oxygen atoms in total. The monoisotopic (exact) mass is 295 g/mol. The van der Waals surface area contributed by atoms with Crippen molar-refractivity contribution in [3.8, 4) is 0 Å². The van der Waals surface area contributed by atoms with Crippen LogP contribution in [0.25, 0.3) is 0 Å². The van der Waals surface area contributed by atoms with Crippen LogP contribution in [0.3, 0.4) is 0 Å². The van der Waals surface area contributed by atoms with Gasteiger partial charge in [0.15, 0.2) is 0 Å². The summed E-state index contributed by atoms with van der Waals surface area (Å²) < 4.78 is 0. The molecule has 5 heteroatoms. The van der Waals surface area contributed by atoms with Crippen LogP contribution in [-0.2, 0) is 4.79 Å². The van der Waals surface area contributed by atoms with Gasteiger partial charge < -0.3 is 15.1 Å². The number of nitrogens with zero attached hydrogens (tertiary/aromatic N) is 2. The van der Waals surface area contributed by atoms with E-state index in [-0.39, 0.29) is 11.9 Å². The summed E-state index contributed by atoms with van der Waals surface area (Å²) in [4.78, 5) is 28.1. The van der Waals surface area contributed by atoms with Gasteiger partial charge in [0.25, 0.3) is 0 Å². The normalized spacial score (nSPS) is 20.4. The lowest BCUT2D eigenvalue weighted by Gasteiger charge is -2.24. The van der Waals surface area contributed by atoms with Crippen LogP contribution in [0, 0.1) is 0 Å². The van der Waals surface area contributed by atoms with Gasteiger partial charge in [0.1, 0.15) is 0 Å². The molecule has 21 heavy (non-hydrogen) atoms. The second-order valence-electron chi connectivity index (χ2n) is 6.26. The average molecular weight is 295 g/mol. The summed E-state index contributed by atoms with van der Waals surface area (Å²) in [6.45, 7) is 4.99. The van der Waals surface area contributed by atoms with Gasteiger partial charge in [-0.25, -0.2) is 4.79 Å². The van der Waals surface area contributed by atoms with Crippen molar-refractivity contribution in [2.24, 2.45) is 0 Å². The molecule has 1 heterocycles. The van der Waals surface area contributed by atoms with Gasteiger partial charge in [-0.3, -0.25) is 4.79 Å². The summed E-state index contributed by atoms with van der Waals surface area (Å²) in [5.74, 6) is 0.245. The van der Waals surface area contributed by atoms with Crippen LogP contribution in [0.1, 0.15) is 58.3 Å². The largest absolute Gasteiger partial charge is 0.341 e. The standard InChI is InChI=1S/C16H29N3O2/c1-2-3-9-15(20)18-10-6-11-19(13-12-18)16(21)17-14-7-4-5-8-14/h14H,2-13H2,1H3,(H,17,21). The number of hydrogen-bond donors (Lipinski definition) is 1. The molecule has 0 aromatic carbocycles. The molecule has 0 aromatic rings. The zero-order valence-electron chi connectivity index (χ0n) is 13.3. The highest BCUT2D eigenvalue weighted by atomic mass is 16.2. The molecule has 1 saturated heterocycles. The number of amides is 3. The third-order valence-corrected chi connectivity index (χ3v) is 4.56. The van der Waals surface area contributed by atoms with Crippen molar-refractivity contribution in [1.82, 2.24) is 15.1 Å². The highest BCUT2D eigenvalue weighted by molar-refractivity contribution is 5.77. The van der Waals surface area contributed by atoms with Gasteiger partial charge in [-0.05, 0) is 25.7 Å². The van der Waals surface area contributed by atoms with Gasteiger partial charge in [-0.2, -0.15) is 0 Å². The number of urea groups is 1. The minimum Gasteiger partial charge on any atom is -0.341 e. The van der Waals surface area contributed by atoms with Crippen LogP contribution in [0.5, 0.6) is 0 Å². The summed E-state index contributed by atoms with van der Waals surface area (Å²) >= 11 is 0. The minimum absolute atomic E-state index is 0.0600. The molecule has 1 N–H and O–H groups in total. The summed E-state index contributed by atoms with van der Waals surface area (Å²) in [5.41, 5.74) is 0. The van der Waals surface area contributed by atoms with Gasteiger partial charge in [0.2, 0.25) is 5.91 Å². The van der Waals surface area contributed by atoms with E-state index < -0.39 is 0 Å². The SMILES string of the molecule is CCCCC(=O)N1CCCN(C(=O)NC2CCCC2)CC1. The number of carbonyl (C=O) groups is 2. The van der Waals surface area contributed by atoms with Crippen LogP contribution in [0.4, 0.5) is 4.79 Å². The van der Waals surface area contributed by atoms with Crippen molar-refractivity contribution >= 4 is 11.9 Å². The Kier molecular flexibility index (Phi) is 6.33. The van der Waals surface area contributed by atoms with Gasteiger partial charge >= 0.3 is 6.03 Å². The fourth-order valence-electron chi connectivity index (χ4n) is 3.19. The van der Waals surface area contributed by atoms with Crippen molar-refractivity contribution in [2.45, 2.75) is 64.3 Å². The predicted octanol–water partition coefficient (Wildman–Crippen LogP) is 2.36. The topological polar surface area (TPSA) is 52.7 Å². The lowest BCUT2D eigenvalue weighted by molar-refractivity contribution is -0.131. The Morgan fingerprint density at radius 3 is 2.38 bits per heavy atom. The highest BCUT2D eigenvalue weighted by Crippen LogP contribution is 2.18. The number of unbranched alkanes of at least 4 members (excludes halogenated alkanes) is 1. The van der Waals surface area contributed by atoms with Crippen molar-refractivity contribution in [3.05, 3.63) is 0 Å². The first-order valence-electron chi connectivity index (χ1n) is 8.54. The molecule has 0 radical (unpaired) electrons. The van der Waals surface area contributed by atoms with E-state index in [2.05, 4.69) is 12.2 Å². The molecular weight excluding hydrogens is 266 g/mol. The first-order valence-corrected chi connectivity index (χ1v) is 8.54. The average Bonchev–Trinajstić information content (AvgIpc) is 2.86. The molecular formula is C16H29N3O2. The Morgan fingerprint density at radius 1 is 1.00 bits per heavy atom. The second-order valence-corrected chi connectivity index (χ2v) is 6.26. The molecule has 0 bridgehead atoms. The smallest absolute Gasteiger partial charge is 0.317 e. The van der Waals surface area contributed by atoms with Crippen molar-refractivity contribution < 1.29 is 9.59 Å². The third kappa shape index (κ3) is 4.90. The van der Waals surface area contributed by atoms with Crippen LogP contribution in [0.15, 0.2) is 0 Å². The van der Waals surface area contributed by atoms with Crippen molar-refractivity contribution in [2.75, 3.05) is 26.2 Å². The highest BCUT2D eigenvalue weighted by Gasteiger charge is 2.24. The fraction of sp³-hybridized carbons (Fsp3) is 0.875. The van der Waals surface area contributed by atoms with E-state index in [1.54, 1.807) is 0 Å². The van der Waals surface area contributed by atoms with Gasteiger partial charge in [0.05, 0.1) is 0 Å². The Balaban J connectivity index is 1.76. The minimum atomic E-state index is 0.0600. The number of rotatable bonds is 4. The zero-order valence-corrected chi connectivity index (χ0v) is 13.3. The van der Waals surface area contributed by atoms with E-state index in [4.69, 9.17) is 0 Å². The van der Waals surface area contributed by atoms with Crippen molar-refractivity contribution in [3.63, 3.8) is 0 Å². The lowest BCUT2D eigenvalue weighted by Crippen LogP contribution is -2.45. The molecule has 0 aromatic heterocycles. The molecule has 2 fully saturated rings. The lowest BCUT2D eigenvalue weighted by atomic mass is 10.2. The molecule has 0 unspecified atom stereocenters. The van der Waals surface area contributed by atoms with Crippen molar-refractivity contribution in [1.29, 1.82) is 0 Å². The molecule has 0 atom stereocenters. The molecule has 120 valence electrons. The van der Waals surface area contributed by atoms with Crippen LogP contribution in [-0.4, -0.2) is 54.0 Å². The van der Waals surface area contributed by atoms with Gasteiger partial charge in [-0.1, -0.05) is 26.2 Å². The molecule has 0 spiro atoms. The predicted molar refractivity (Wildman–Crippen MR) is 83.1 cm³/mol. The van der Waals surface area contributed by atoms with Crippen LogP contribution < -0.4 is 5.32 Å².